The molecule has 7 nitrogen and oxygen atoms in total. The predicted octanol–water partition coefficient (Wildman–Crippen LogP) is 4.39. The molecular formula is C16H15N3O4S. The van der Waals surface area contributed by atoms with E-state index in [-0.39, 0.29) is 5.76 Å². The Morgan fingerprint density at radius 2 is 2.21 bits per heavy atom. The normalized spacial score (nSPS) is 10.9. The van der Waals surface area contributed by atoms with Crippen molar-refractivity contribution in [2.75, 3.05) is 5.32 Å². The first-order chi connectivity index (χ1) is 11.6. The number of carbonyl (C=O) groups excluding carboxylic acids is 1. The van der Waals surface area contributed by atoms with Crippen LogP contribution in [0.5, 0.6) is 0 Å². The van der Waals surface area contributed by atoms with Crippen molar-refractivity contribution < 1.29 is 14.1 Å². The Hall–Kier alpha value is -2.74. The third kappa shape index (κ3) is 3.43. The predicted molar refractivity (Wildman–Crippen MR) is 91.5 cm³/mol. The number of nitro groups is 1. The summed E-state index contributed by atoms with van der Waals surface area (Å²) in [7, 11) is 0. The van der Waals surface area contributed by atoms with Gasteiger partial charge in [0.2, 0.25) is 0 Å². The maximum atomic E-state index is 12.1. The molecule has 1 aromatic carbocycles. The molecule has 0 bridgehead atoms. The Morgan fingerprint density at radius 1 is 1.38 bits per heavy atom. The minimum Gasteiger partial charge on any atom is -0.395 e. The van der Waals surface area contributed by atoms with Crippen molar-refractivity contribution in [1.29, 1.82) is 0 Å². The largest absolute Gasteiger partial charge is 0.433 e. The first-order valence-corrected chi connectivity index (χ1v) is 8.33. The number of thiazole rings is 1. The highest BCUT2D eigenvalue weighted by molar-refractivity contribution is 7.22. The molecule has 0 saturated carbocycles. The van der Waals surface area contributed by atoms with Crippen LogP contribution in [0.4, 0.5) is 11.0 Å². The number of anilines is 1. The van der Waals surface area contributed by atoms with Gasteiger partial charge in [0.1, 0.15) is 4.92 Å². The minimum absolute atomic E-state index is 0.121. The summed E-state index contributed by atoms with van der Waals surface area (Å²) in [5.74, 6) is -1.15. The molecule has 3 aromatic rings. The van der Waals surface area contributed by atoms with Crippen molar-refractivity contribution in [3.63, 3.8) is 0 Å². The first-order valence-electron chi connectivity index (χ1n) is 7.52. The molecule has 0 aliphatic carbocycles. The van der Waals surface area contributed by atoms with Crippen LogP contribution in [0.2, 0.25) is 0 Å². The van der Waals surface area contributed by atoms with Gasteiger partial charge < -0.3 is 4.42 Å². The Kier molecular flexibility index (Phi) is 4.57. The highest BCUT2D eigenvalue weighted by Crippen LogP contribution is 2.28. The van der Waals surface area contributed by atoms with Gasteiger partial charge in [0.15, 0.2) is 10.9 Å². The van der Waals surface area contributed by atoms with Gasteiger partial charge in [-0.15, -0.1) is 0 Å². The summed E-state index contributed by atoms with van der Waals surface area (Å²) < 4.78 is 5.87. The van der Waals surface area contributed by atoms with E-state index in [1.807, 2.05) is 12.1 Å². The van der Waals surface area contributed by atoms with E-state index in [0.29, 0.717) is 5.13 Å². The van der Waals surface area contributed by atoms with E-state index in [1.54, 1.807) is 0 Å². The minimum atomic E-state index is -0.688. The molecule has 0 saturated heterocycles. The van der Waals surface area contributed by atoms with E-state index >= 15 is 0 Å². The van der Waals surface area contributed by atoms with Gasteiger partial charge in [-0.1, -0.05) is 30.7 Å². The van der Waals surface area contributed by atoms with Gasteiger partial charge in [-0.3, -0.25) is 20.2 Å². The number of fused-ring (bicyclic) bond motifs is 1. The summed E-state index contributed by atoms with van der Waals surface area (Å²) in [4.78, 5) is 26.3. The number of benzene rings is 1. The molecule has 3 rings (SSSR count). The zero-order chi connectivity index (χ0) is 17.1. The van der Waals surface area contributed by atoms with Crippen molar-refractivity contribution >= 4 is 38.5 Å². The molecule has 0 radical (unpaired) electrons. The van der Waals surface area contributed by atoms with Crippen LogP contribution >= 0.6 is 11.3 Å². The molecule has 0 atom stereocenters. The number of hydrogen-bond acceptors (Lipinski definition) is 6. The molecule has 2 heterocycles. The number of amides is 1. The summed E-state index contributed by atoms with van der Waals surface area (Å²) >= 11 is 1.36. The highest BCUT2D eigenvalue weighted by atomic mass is 32.1. The van der Waals surface area contributed by atoms with Crippen molar-refractivity contribution in [1.82, 2.24) is 4.98 Å². The van der Waals surface area contributed by atoms with Crippen LogP contribution in [0.15, 0.2) is 34.7 Å². The maximum Gasteiger partial charge on any atom is 0.433 e. The molecule has 2 aromatic heterocycles. The highest BCUT2D eigenvalue weighted by Gasteiger charge is 2.18. The number of carbonyl (C=O) groups is 1. The summed E-state index contributed by atoms with van der Waals surface area (Å²) in [6.07, 6.45) is 3.28. The fraction of sp³-hybridized carbons (Fsp3) is 0.250. The molecular weight excluding hydrogens is 330 g/mol. The Balaban J connectivity index is 1.76. The van der Waals surface area contributed by atoms with E-state index in [0.717, 1.165) is 35.5 Å². The van der Waals surface area contributed by atoms with Crippen molar-refractivity contribution in [2.45, 2.75) is 26.2 Å². The van der Waals surface area contributed by atoms with Crippen LogP contribution < -0.4 is 5.32 Å². The Bertz CT molecular complexity index is 900. The second-order valence-corrected chi connectivity index (χ2v) is 6.30. The van der Waals surface area contributed by atoms with Gasteiger partial charge in [-0.05, 0) is 36.6 Å². The van der Waals surface area contributed by atoms with Crippen LogP contribution in [0.1, 0.15) is 35.9 Å². The molecule has 1 N–H and O–H groups in total. The lowest BCUT2D eigenvalue weighted by Crippen LogP contribution is -2.10. The van der Waals surface area contributed by atoms with E-state index in [4.69, 9.17) is 4.42 Å². The zero-order valence-electron chi connectivity index (χ0n) is 12.9. The molecule has 0 unspecified atom stereocenters. The number of nitrogens with one attached hydrogen (secondary N) is 1. The van der Waals surface area contributed by atoms with Crippen molar-refractivity contribution in [2.24, 2.45) is 0 Å². The monoisotopic (exact) mass is 345 g/mol. The summed E-state index contributed by atoms with van der Waals surface area (Å²) in [5.41, 5.74) is 2.05. The molecule has 0 fully saturated rings. The van der Waals surface area contributed by atoms with Crippen LogP contribution in [0.25, 0.3) is 10.2 Å². The summed E-state index contributed by atoms with van der Waals surface area (Å²) in [5, 5.41) is 13.6. The molecule has 0 spiro atoms. The van der Waals surface area contributed by atoms with Crippen LogP contribution in [0.3, 0.4) is 0 Å². The Labute approximate surface area is 141 Å². The van der Waals surface area contributed by atoms with E-state index < -0.39 is 16.7 Å². The zero-order valence-corrected chi connectivity index (χ0v) is 13.8. The number of hydrogen-bond donors (Lipinski definition) is 1. The third-order valence-corrected chi connectivity index (χ3v) is 4.42. The molecule has 1 amide bonds. The topological polar surface area (TPSA) is 98.3 Å². The second-order valence-electron chi connectivity index (χ2n) is 5.27. The van der Waals surface area contributed by atoms with Crippen LogP contribution in [0, 0.1) is 10.1 Å². The van der Waals surface area contributed by atoms with E-state index in [9.17, 15) is 14.9 Å². The average molecular weight is 345 g/mol. The SMILES string of the molecule is CCCCc1ccc2nc(NC(=O)c3ccc([N+](=O)[O-])o3)sc2c1. The van der Waals surface area contributed by atoms with Gasteiger partial charge in [0, 0.05) is 0 Å². The molecule has 8 heteroatoms. The average Bonchev–Trinajstić information content (AvgIpc) is 3.18. The smallest absolute Gasteiger partial charge is 0.395 e. The lowest BCUT2D eigenvalue weighted by molar-refractivity contribution is -0.402. The third-order valence-electron chi connectivity index (χ3n) is 3.49. The summed E-state index contributed by atoms with van der Waals surface area (Å²) in [6, 6.07) is 8.47. The van der Waals surface area contributed by atoms with Gasteiger partial charge in [-0.25, -0.2) is 4.98 Å². The summed E-state index contributed by atoms with van der Waals surface area (Å²) in [6.45, 7) is 2.15. The lowest BCUT2D eigenvalue weighted by Gasteiger charge is -1.98. The first kappa shape index (κ1) is 16.1. The van der Waals surface area contributed by atoms with Crippen LogP contribution in [-0.4, -0.2) is 15.8 Å². The standard InChI is InChI=1S/C16H15N3O4S/c1-2-3-4-10-5-6-11-13(9-10)24-16(17-11)18-15(20)12-7-8-14(23-12)19(21)22/h5-9H,2-4H2,1H3,(H,17,18,20). The number of furan rings is 1. The molecule has 124 valence electrons. The molecule has 24 heavy (non-hydrogen) atoms. The van der Waals surface area contributed by atoms with Gasteiger partial charge in [0.25, 0.3) is 5.91 Å². The second kappa shape index (κ2) is 6.79. The van der Waals surface area contributed by atoms with E-state index in [2.05, 4.69) is 23.3 Å². The number of rotatable bonds is 6. The quantitative estimate of drug-likeness (QED) is 0.527. The fourth-order valence-corrected chi connectivity index (χ4v) is 3.19. The Morgan fingerprint density at radius 3 is 2.92 bits per heavy atom. The molecule has 0 aliphatic heterocycles. The van der Waals surface area contributed by atoms with Crippen LogP contribution in [-0.2, 0) is 6.42 Å². The van der Waals surface area contributed by atoms with Crippen molar-refractivity contribution in [3.8, 4) is 0 Å². The maximum absolute atomic E-state index is 12.1. The van der Waals surface area contributed by atoms with Gasteiger partial charge >= 0.3 is 5.88 Å². The number of nitrogens with zero attached hydrogens (tertiary/aromatic N) is 2. The van der Waals surface area contributed by atoms with Crippen molar-refractivity contribution in [3.05, 3.63) is 51.8 Å². The number of unbranched alkanes of at least 4 members (excludes halogenated alkanes) is 1. The number of aryl methyl sites for hydroxylation is 1. The fourth-order valence-electron chi connectivity index (χ4n) is 2.27. The van der Waals surface area contributed by atoms with E-state index in [1.165, 1.54) is 23.0 Å². The molecule has 0 aliphatic rings. The van der Waals surface area contributed by atoms with Gasteiger partial charge in [0.05, 0.1) is 16.3 Å². The number of aromatic nitrogens is 1. The lowest BCUT2D eigenvalue weighted by atomic mass is 10.1. The van der Waals surface area contributed by atoms with Gasteiger partial charge in [-0.2, -0.15) is 0 Å².